The SMILES string of the molecule is COc1cccc(Nc2c(C(N)=O)cnc3c(C)cc(S(=O)c4cccc(C(=O)Nc5ccc(C#CCCCNCCc6ccc(O)c7[nH]c(=O)ccc67)cc5)c4)cc23)c1. The van der Waals surface area contributed by atoms with E-state index in [0.717, 1.165) is 48.0 Å². The lowest BCUT2D eigenvalue weighted by molar-refractivity contribution is 0.0998. The van der Waals surface area contributed by atoms with Crippen LogP contribution in [0.3, 0.4) is 0 Å². The summed E-state index contributed by atoms with van der Waals surface area (Å²) in [5, 5.41) is 21.1. The van der Waals surface area contributed by atoms with Gasteiger partial charge in [0.05, 0.1) is 40.2 Å². The van der Waals surface area contributed by atoms with Gasteiger partial charge in [-0.3, -0.25) is 19.4 Å². The predicted molar refractivity (Wildman–Crippen MR) is 236 cm³/mol. The first-order valence-corrected chi connectivity index (χ1v) is 20.3. The first kappa shape index (κ1) is 40.9. The number of benzene rings is 5. The van der Waals surface area contributed by atoms with Gasteiger partial charge < -0.3 is 36.5 Å². The van der Waals surface area contributed by atoms with Crippen molar-refractivity contribution in [2.75, 3.05) is 30.8 Å². The van der Waals surface area contributed by atoms with Crippen LogP contribution >= 0.6 is 0 Å². The predicted octanol–water partition coefficient (Wildman–Crippen LogP) is 7.32. The van der Waals surface area contributed by atoms with Gasteiger partial charge in [0.2, 0.25) is 5.56 Å². The molecule has 0 radical (unpaired) electrons. The zero-order valence-electron chi connectivity index (χ0n) is 32.9. The molecule has 1 atom stereocenters. The molecule has 0 aliphatic carbocycles. The maximum Gasteiger partial charge on any atom is 0.255 e. The molecule has 0 bridgehead atoms. The third kappa shape index (κ3) is 9.53. The average Bonchev–Trinajstić information content (AvgIpc) is 3.25. The highest BCUT2D eigenvalue weighted by atomic mass is 32.2. The van der Waals surface area contributed by atoms with Gasteiger partial charge in [-0.25, -0.2) is 4.21 Å². The fourth-order valence-corrected chi connectivity index (χ4v) is 8.00. The van der Waals surface area contributed by atoms with E-state index in [1.165, 1.54) is 12.3 Å². The second-order valence-electron chi connectivity index (χ2n) is 14.0. The van der Waals surface area contributed by atoms with Crippen LogP contribution in [0.25, 0.3) is 21.8 Å². The van der Waals surface area contributed by atoms with Crippen LogP contribution in [-0.2, 0) is 17.2 Å². The van der Waals surface area contributed by atoms with E-state index in [0.29, 0.717) is 61.0 Å². The van der Waals surface area contributed by atoms with Gasteiger partial charge in [0.25, 0.3) is 11.8 Å². The number of methoxy groups -OCH3 is 1. The number of H-pyrrole nitrogens is 1. The van der Waals surface area contributed by atoms with Crippen molar-refractivity contribution in [2.45, 2.75) is 36.0 Å². The molecule has 1 unspecified atom stereocenters. The number of fused-ring (bicyclic) bond motifs is 2. The Kier molecular flexibility index (Phi) is 12.6. The monoisotopic (exact) mass is 818 g/mol. The number of carbonyl (C=O) groups is 2. The smallest absolute Gasteiger partial charge is 0.255 e. The van der Waals surface area contributed by atoms with Crippen LogP contribution < -0.4 is 32.0 Å². The number of anilines is 3. The lowest BCUT2D eigenvalue weighted by Gasteiger charge is -2.16. The van der Waals surface area contributed by atoms with Crippen LogP contribution in [0.2, 0.25) is 0 Å². The van der Waals surface area contributed by atoms with Crippen LogP contribution in [0, 0.1) is 18.8 Å². The second kappa shape index (κ2) is 18.5. The number of ether oxygens (including phenoxy) is 1. The quantitative estimate of drug-likeness (QED) is 0.0483. The lowest BCUT2D eigenvalue weighted by atomic mass is 10.0. The number of nitrogens with zero attached hydrogens (tertiary/aromatic N) is 1. The molecule has 60 heavy (non-hydrogen) atoms. The van der Waals surface area contributed by atoms with Crippen molar-refractivity contribution in [3.05, 3.63) is 154 Å². The molecule has 0 saturated heterocycles. The molecule has 5 aromatic carbocycles. The highest BCUT2D eigenvalue weighted by Gasteiger charge is 2.19. The van der Waals surface area contributed by atoms with Gasteiger partial charge in [-0.15, -0.1) is 0 Å². The van der Waals surface area contributed by atoms with Gasteiger partial charge in [-0.05, 0) is 123 Å². The number of aryl methyl sites for hydroxylation is 1. The van der Waals surface area contributed by atoms with E-state index in [4.69, 9.17) is 10.5 Å². The fraction of sp³-hybridized carbons (Fsp3) is 0.149. The van der Waals surface area contributed by atoms with Crippen LogP contribution in [0.4, 0.5) is 17.1 Å². The van der Waals surface area contributed by atoms with Gasteiger partial charge in [-0.2, -0.15) is 0 Å². The Morgan fingerprint density at radius 3 is 2.52 bits per heavy atom. The number of aromatic hydroxyl groups is 1. The number of nitrogens with one attached hydrogen (secondary N) is 4. The van der Waals surface area contributed by atoms with Crippen molar-refractivity contribution in [2.24, 2.45) is 5.73 Å². The van der Waals surface area contributed by atoms with Crippen LogP contribution in [0.15, 0.2) is 130 Å². The summed E-state index contributed by atoms with van der Waals surface area (Å²) >= 11 is 0. The number of hydrogen-bond acceptors (Lipinski definition) is 9. The van der Waals surface area contributed by atoms with E-state index >= 15 is 0 Å². The van der Waals surface area contributed by atoms with Gasteiger partial charge in [0, 0.05) is 67.8 Å². The van der Waals surface area contributed by atoms with Crippen molar-refractivity contribution in [1.82, 2.24) is 15.3 Å². The van der Waals surface area contributed by atoms with E-state index < -0.39 is 16.7 Å². The van der Waals surface area contributed by atoms with Crippen LogP contribution in [0.1, 0.15) is 50.2 Å². The minimum absolute atomic E-state index is 0.0566. The standard InChI is InChI=1S/C47H42N6O6S/c1-29-24-37(27-39-43(29)50-28-40(46(48)56)44(39)51-34-10-7-11-35(26-34)59-2)60(58)36-12-6-9-32(25-36)47(57)52-33-16-13-30(14-17-33)8-4-3-5-22-49-23-21-31-15-19-41(54)45-38(31)18-20-42(55)53-45/h6-7,9-20,24-28,49,54H,3,5,21-23H2,1-2H3,(H2,48,56)(H,50,51)(H,52,57)(H,53,55). The Hall–Kier alpha value is -7.27. The largest absolute Gasteiger partial charge is 0.506 e. The molecule has 302 valence electrons. The molecule has 0 spiro atoms. The molecule has 2 heterocycles. The average molecular weight is 819 g/mol. The number of phenolic OH excluding ortho intramolecular Hbond substituents is 1. The molecule has 0 fully saturated rings. The Balaban J connectivity index is 0.953. The Morgan fingerprint density at radius 2 is 1.72 bits per heavy atom. The number of phenols is 1. The summed E-state index contributed by atoms with van der Waals surface area (Å²) in [7, 11) is -0.131. The van der Waals surface area contributed by atoms with E-state index in [1.807, 2.05) is 37.3 Å². The van der Waals surface area contributed by atoms with Gasteiger partial charge in [0.1, 0.15) is 11.5 Å². The highest BCUT2D eigenvalue weighted by Crippen LogP contribution is 2.34. The first-order chi connectivity index (χ1) is 29.1. The molecule has 0 aliphatic heterocycles. The van der Waals surface area contributed by atoms with Crippen LogP contribution in [-0.4, -0.2) is 51.3 Å². The number of rotatable bonds is 14. The Labute approximate surface area is 348 Å². The maximum absolute atomic E-state index is 14.1. The summed E-state index contributed by atoms with van der Waals surface area (Å²) < 4.78 is 19.4. The minimum Gasteiger partial charge on any atom is -0.506 e. The molecule has 2 amide bonds. The number of unbranched alkanes of at least 4 members (excludes halogenated alkanes) is 1. The number of nitrogens with two attached hydrogens (primary N) is 1. The van der Waals surface area contributed by atoms with E-state index in [9.17, 15) is 23.7 Å². The molecule has 7 aromatic rings. The molecular weight excluding hydrogens is 777 g/mol. The normalized spacial score (nSPS) is 11.4. The molecule has 0 saturated carbocycles. The van der Waals surface area contributed by atoms with Gasteiger partial charge in [-0.1, -0.05) is 30.0 Å². The molecule has 0 aliphatic rings. The van der Waals surface area contributed by atoms with Crippen molar-refractivity contribution < 1.29 is 23.6 Å². The minimum atomic E-state index is -1.70. The van der Waals surface area contributed by atoms with Gasteiger partial charge >= 0.3 is 0 Å². The first-order valence-electron chi connectivity index (χ1n) is 19.2. The number of amides is 2. The van der Waals surface area contributed by atoms with Crippen molar-refractivity contribution in [1.29, 1.82) is 0 Å². The van der Waals surface area contributed by atoms with E-state index in [1.54, 1.807) is 79.9 Å². The zero-order chi connectivity index (χ0) is 42.2. The van der Waals surface area contributed by atoms with Crippen molar-refractivity contribution >= 4 is 61.5 Å². The lowest BCUT2D eigenvalue weighted by Crippen LogP contribution is -2.18. The topological polar surface area (TPSA) is 189 Å². The third-order valence-electron chi connectivity index (χ3n) is 9.83. The van der Waals surface area contributed by atoms with Crippen LogP contribution in [0.5, 0.6) is 11.5 Å². The summed E-state index contributed by atoms with van der Waals surface area (Å²) in [4.78, 5) is 45.6. The number of primary amides is 1. The second-order valence-corrected chi connectivity index (χ2v) is 15.5. The summed E-state index contributed by atoms with van der Waals surface area (Å²) in [6.45, 7) is 3.39. The van der Waals surface area contributed by atoms with Gasteiger partial charge in [0.15, 0.2) is 0 Å². The molecule has 13 heteroatoms. The summed E-state index contributed by atoms with van der Waals surface area (Å²) in [5.41, 5.74) is 11.4. The number of carbonyl (C=O) groups excluding carboxylic acids is 2. The summed E-state index contributed by atoms with van der Waals surface area (Å²) in [5.74, 6) is 6.02. The molecule has 12 nitrogen and oxygen atoms in total. The molecule has 2 aromatic heterocycles. The van der Waals surface area contributed by atoms with Crippen molar-refractivity contribution in [3.8, 4) is 23.3 Å². The number of hydrogen-bond donors (Lipinski definition) is 6. The summed E-state index contributed by atoms with van der Waals surface area (Å²) in [6.07, 6.45) is 3.75. The highest BCUT2D eigenvalue weighted by molar-refractivity contribution is 7.85. The Bertz CT molecular complexity index is 2900. The summed E-state index contributed by atoms with van der Waals surface area (Å²) in [6, 6.07) is 31.3. The molecule has 7 rings (SSSR count). The van der Waals surface area contributed by atoms with Crippen molar-refractivity contribution in [3.63, 3.8) is 0 Å². The fourth-order valence-electron chi connectivity index (χ4n) is 6.78. The maximum atomic E-state index is 14.1. The number of aromatic amines is 1. The van der Waals surface area contributed by atoms with E-state index in [2.05, 4.69) is 37.8 Å². The molecule has 7 N–H and O–H groups in total. The number of pyridine rings is 2. The van der Waals surface area contributed by atoms with E-state index in [-0.39, 0.29) is 22.8 Å². The Morgan fingerprint density at radius 1 is 0.900 bits per heavy atom. The molecular formula is C47H42N6O6S. The zero-order valence-corrected chi connectivity index (χ0v) is 33.7. The number of aromatic nitrogens is 2. The third-order valence-corrected chi connectivity index (χ3v) is 11.2.